The molecule has 0 saturated heterocycles. The second-order valence-electron chi connectivity index (χ2n) is 7.41. The van der Waals surface area contributed by atoms with Crippen LogP contribution in [0.15, 0.2) is 42.2 Å². The molecule has 2 atom stereocenters. The first-order valence-corrected chi connectivity index (χ1v) is 17.7. The van der Waals surface area contributed by atoms with E-state index in [4.69, 9.17) is 0 Å². The van der Waals surface area contributed by atoms with Crippen LogP contribution >= 0.6 is 77.2 Å². The molecule has 2 nitrogen and oxygen atoms in total. The van der Waals surface area contributed by atoms with Gasteiger partial charge in [0.15, 0.2) is 0 Å². The minimum absolute atomic E-state index is 0. The molecule has 3 rings (SSSR count). The van der Waals surface area contributed by atoms with Crippen molar-refractivity contribution < 1.29 is 45.8 Å². The predicted octanol–water partition coefficient (Wildman–Crippen LogP) is 7.12. The fraction of sp³-hybridized carbons (Fsp3) is 0.273. The van der Waals surface area contributed by atoms with Crippen molar-refractivity contribution >= 4 is 110 Å². The van der Waals surface area contributed by atoms with Crippen molar-refractivity contribution in [1.82, 2.24) is 0 Å². The molecule has 2 N–H and O–H groups in total. The van der Waals surface area contributed by atoms with Gasteiger partial charge in [0.05, 0.1) is 11.5 Å². The van der Waals surface area contributed by atoms with Gasteiger partial charge in [-0.25, -0.2) is 12.2 Å². The summed E-state index contributed by atoms with van der Waals surface area (Å²) in [6.07, 6.45) is 15.0. The SMILES string of the molecule is Oc1c(Br)cc(Br)cc1C=[C-][C@H]1CCCC[C@@H]1[C-]=Cc1cc(Br)cc(Br)c1O.S.[Co+3].[F-].[F][Sb]([F])([F])([F])[F]. The zero-order valence-corrected chi connectivity index (χ0v) is 29.3. The molecule has 1 aliphatic carbocycles. The van der Waals surface area contributed by atoms with Gasteiger partial charge in [0, 0.05) is 17.9 Å². The molecule has 0 radical (unpaired) electrons. The van der Waals surface area contributed by atoms with Crippen molar-refractivity contribution in [2.75, 3.05) is 0 Å². The molecule has 15 heteroatoms. The van der Waals surface area contributed by atoms with Crippen LogP contribution in [0.5, 0.6) is 11.5 Å². The van der Waals surface area contributed by atoms with E-state index in [1.54, 1.807) is 0 Å². The summed E-state index contributed by atoms with van der Waals surface area (Å²) in [6.45, 7) is 0. The Balaban J connectivity index is 0. The molecule has 0 unspecified atom stereocenters. The zero-order chi connectivity index (χ0) is 25.7. The number of phenols is 2. The summed E-state index contributed by atoms with van der Waals surface area (Å²) in [5.74, 6) is 0.873. The fourth-order valence-corrected chi connectivity index (χ4v) is 5.83. The van der Waals surface area contributed by atoms with Crippen molar-refractivity contribution in [3.8, 4) is 11.5 Å². The minimum atomic E-state index is -9.19. The Labute approximate surface area is 267 Å². The van der Waals surface area contributed by atoms with Crippen molar-refractivity contribution in [3.63, 3.8) is 0 Å². The molecular weight excluding hydrogens is 943 g/mol. The Kier molecular flexibility index (Phi) is 18.1. The first-order valence-electron chi connectivity index (χ1n) is 9.74. The third kappa shape index (κ3) is 15.3. The first kappa shape index (κ1) is 39.8. The molecule has 0 amide bonds. The summed E-state index contributed by atoms with van der Waals surface area (Å²) in [7, 11) is 0. The van der Waals surface area contributed by atoms with Crippen LogP contribution in [-0.4, -0.2) is 30.5 Å². The van der Waals surface area contributed by atoms with Crippen molar-refractivity contribution in [2.24, 2.45) is 11.8 Å². The first-order chi connectivity index (χ1) is 15.6. The van der Waals surface area contributed by atoms with Crippen LogP contribution in [0.1, 0.15) is 36.8 Å². The summed E-state index contributed by atoms with van der Waals surface area (Å²) >= 11 is 4.46. The summed E-state index contributed by atoms with van der Waals surface area (Å²) in [6, 6.07) is 7.38. The van der Waals surface area contributed by atoms with E-state index in [9.17, 15) is 24.3 Å². The van der Waals surface area contributed by atoms with Crippen LogP contribution in [0.4, 0.5) is 14.1 Å². The van der Waals surface area contributed by atoms with Crippen molar-refractivity contribution in [3.05, 3.63) is 65.4 Å². The van der Waals surface area contributed by atoms with Gasteiger partial charge >= 0.3 is 51.1 Å². The molecule has 210 valence electrons. The Morgan fingerprint density at radius 1 is 0.730 bits per heavy atom. The monoisotopic (exact) mass is 958 g/mol. The topological polar surface area (TPSA) is 40.5 Å². The van der Waals surface area contributed by atoms with Crippen LogP contribution in [0, 0.1) is 24.0 Å². The third-order valence-electron chi connectivity index (χ3n) is 4.79. The number of aromatic hydroxyl groups is 2. The zero-order valence-electron chi connectivity index (χ0n) is 18.4. The van der Waals surface area contributed by atoms with E-state index >= 15 is 0 Å². The molecule has 0 aliphatic heterocycles. The molecular formula is C22H20Br4CoF6O2SSb. The maximum absolute atomic E-state index is 10.3. The van der Waals surface area contributed by atoms with Crippen LogP contribution in [0.2, 0.25) is 0 Å². The van der Waals surface area contributed by atoms with Gasteiger partial charge < -0.3 is 14.9 Å². The molecule has 0 aromatic heterocycles. The van der Waals surface area contributed by atoms with Crippen LogP contribution in [0.25, 0.3) is 12.2 Å². The Morgan fingerprint density at radius 2 is 1.03 bits per heavy atom. The molecule has 1 aliphatic rings. The average molecular weight is 963 g/mol. The van der Waals surface area contributed by atoms with Gasteiger partial charge in [0.25, 0.3) is 0 Å². The second kappa shape index (κ2) is 16.8. The molecule has 1 fully saturated rings. The van der Waals surface area contributed by atoms with Gasteiger partial charge in [0.2, 0.25) is 0 Å². The van der Waals surface area contributed by atoms with E-state index in [1.807, 2.05) is 36.4 Å². The Hall–Kier alpha value is 0.695. The van der Waals surface area contributed by atoms with Gasteiger partial charge in [-0.05, 0) is 44.0 Å². The van der Waals surface area contributed by atoms with Gasteiger partial charge in [-0.1, -0.05) is 57.5 Å². The van der Waals surface area contributed by atoms with Crippen LogP contribution in [-0.2, 0) is 16.8 Å². The van der Waals surface area contributed by atoms with Crippen molar-refractivity contribution in [1.29, 1.82) is 0 Å². The molecule has 2 aromatic carbocycles. The van der Waals surface area contributed by atoms with Gasteiger partial charge in [0.1, 0.15) is 0 Å². The summed E-state index contributed by atoms with van der Waals surface area (Å²) < 4.78 is 52.6. The van der Waals surface area contributed by atoms with E-state index in [-0.39, 0.29) is 58.3 Å². The Bertz CT molecular complexity index is 1010. The molecule has 37 heavy (non-hydrogen) atoms. The number of rotatable bonds is 4. The molecule has 0 bridgehead atoms. The van der Waals surface area contributed by atoms with Gasteiger partial charge in [-0.15, -0.1) is 35.1 Å². The van der Waals surface area contributed by atoms with Crippen molar-refractivity contribution in [2.45, 2.75) is 25.7 Å². The summed E-state index contributed by atoms with van der Waals surface area (Å²) in [4.78, 5) is 0. The fourth-order valence-electron chi connectivity index (χ4n) is 3.32. The van der Waals surface area contributed by atoms with E-state index in [1.165, 1.54) is 0 Å². The van der Waals surface area contributed by atoms with Crippen LogP contribution in [0.3, 0.4) is 0 Å². The number of halogens is 10. The summed E-state index contributed by atoms with van der Waals surface area (Å²) in [5, 5.41) is 20.5. The maximum atomic E-state index is 10.3. The van der Waals surface area contributed by atoms with E-state index < -0.39 is 20.3 Å². The number of allylic oxidation sites excluding steroid dienone is 2. The standard InChI is InChI=1S/C22H18Br4O2.Co.6FH.H2S.Sb/c23-17-9-15(21(27)19(25)11-17)7-5-13-3-1-2-4-14(13)6-8-16-10-18(24)12-20(26)22(16)28;;;;;;;;;/h7-14,27-28H,1-4H2;;6*1H;1H2;/q-2;+3;;;;;;;;+5/p-6/t13-,14-;;;;;;;;;/m1........./s1. The van der Waals surface area contributed by atoms with E-state index in [0.717, 1.165) is 45.8 Å². The average Bonchev–Trinajstić information content (AvgIpc) is 2.70. The Morgan fingerprint density at radius 3 is 1.32 bits per heavy atom. The quantitative estimate of drug-likeness (QED) is 0.195. The predicted molar refractivity (Wildman–Crippen MR) is 150 cm³/mol. The molecule has 0 spiro atoms. The third-order valence-corrected chi connectivity index (χ3v) is 6.91. The van der Waals surface area contributed by atoms with Gasteiger partial charge in [-0.2, -0.15) is 13.5 Å². The number of phenolic OH excluding ortho intramolecular Hbond substituents is 2. The van der Waals surface area contributed by atoms with Gasteiger partial charge in [-0.3, -0.25) is 12.2 Å². The molecule has 1 saturated carbocycles. The normalized spacial score (nSPS) is 18.5. The number of benzene rings is 2. The number of hydrogen-bond acceptors (Lipinski definition) is 2. The second-order valence-corrected chi connectivity index (χ2v) is 14.6. The van der Waals surface area contributed by atoms with E-state index in [0.29, 0.717) is 8.95 Å². The van der Waals surface area contributed by atoms with E-state index in [2.05, 4.69) is 75.9 Å². The number of hydrogen-bond donors (Lipinski definition) is 2. The molecule has 2 aromatic rings. The molecule has 0 heterocycles. The van der Waals surface area contributed by atoms with Crippen LogP contribution < -0.4 is 4.70 Å². The summed E-state index contributed by atoms with van der Waals surface area (Å²) in [5.41, 5.74) is 1.45.